The second-order valence-corrected chi connectivity index (χ2v) is 5.25. The zero-order chi connectivity index (χ0) is 17.0. The van der Waals surface area contributed by atoms with Gasteiger partial charge in [-0.2, -0.15) is 0 Å². The third kappa shape index (κ3) is 4.41. The average molecular weight is 354 g/mol. The van der Waals surface area contributed by atoms with Gasteiger partial charge in [0.2, 0.25) is 0 Å². The van der Waals surface area contributed by atoms with Crippen LogP contribution in [0, 0.1) is 10.1 Å². The van der Waals surface area contributed by atoms with E-state index in [0.29, 0.717) is 0 Å². The molecule has 0 spiro atoms. The summed E-state index contributed by atoms with van der Waals surface area (Å²) in [6.07, 6.45) is 0. The summed E-state index contributed by atoms with van der Waals surface area (Å²) in [6, 6.07) is 9.31. The van der Waals surface area contributed by atoms with Crippen molar-refractivity contribution in [3.05, 3.63) is 73.8 Å². The fraction of sp³-hybridized carbons (Fsp3) is 0. The summed E-state index contributed by atoms with van der Waals surface area (Å²) in [5, 5.41) is 11.2. The van der Waals surface area contributed by atoms with Crippen molar-refractivity contribution >= 4 is 40.7 Å². The molecule has 0 heterocycles. The molecule has 2 amide bonds. The van der Waals surface area contributed by atoms with Crippen LogP contribution in [0.2, 0.25) is 10.0 Å². The summed E-state index contributed by atoms with van der Waals surface area (Å²) in [6.45, 7) is 0. The van der Waals surface area contributed by atoms with Crippen LogP contribution in [0.3, 0.4) is 0 Å². The molecule has 0 aliphatic rings. The fourth-order valence-corrected chi connectivity index (χ4v) is 2.23. The van der Waals surface area contributed by atoms with Gasteiger partial charge in [-0.05, 0) is 24.3 Å². The molecule has 2 aromatic carbocycles. The maximum atomic E-state index is 11.9. The van der Waals surface area contributed by atoms with Crippen molar-refractivity contribution in [1.82, 2.24) is 10.9 Å². The largest absolute Gasteiger partial charge is 0.270 e. The number of hydrogen-bond donors (Lipinski definition) is 2. The highest BCUT2D eigenvalue weighted by atomic mass is 35.5. The summed E-state index contributed by atoms with van der Waals surface area (Å²) in [5.74, 6) is -1.33. The predicted octanol–water partition coefficient (Wildman–Crippen LogP) is 2.98. The summed E-state index contributed by atoms with van der Waals surface area (Å²) in [7, 11) is 0. The highest BCUT2D eigenvalue weighted by molar-refractivity contribution is 6.35. The number of nitrogens with one attached hydrogen (secondary N) is 2. The normalized spacial score (nSPS) is 10.0. The third-order valence-corrected chi connectivity index (χ3v) is 3.17. The average Bonchev–Trinajstić information content (AvgIpc) is 2.51. The van der Waals surface area contributed by atoms with Crippen LogP contribution in [-0.4, -0.2) is 16.7 Å². The second kappa shape index (κ2) is 7.08. The summed E-state index contributed by atoms with van der Waals surface area (Å²) in [5.41, 5.74) is 4.28. The van der Waals surface area contributed by atoms with E-state index in [1.807, 2.05) is 0 Å². The van der Waals surface area contributed by atoms with Gasteiger partial charge in [-0.3, -0.25) is 30.6 Å². The number of hydrogen-bond acceptors (Lipinski definition) is 4. The first-order valence-electron chi connectivity index (χ1n) is 6.18. The van der Waals surface area contributed by atoms with Crippen LogP contribution in [0.5, 0.6) is 0 Å². The van der Waals surface area contributed by atoms with Crippen molar-refractivity contribution in [2.45, 2.75) is 0 Å². The van der Waals surface area contributed by atoms with Gasteiger partial charge in [-0.25, -0.2) is 0 Å². The molecule has 23 heavy (non-hydrogen) atoms. The lowest BCUT2D eigenvalue weighted by Crippen LogP contribution is -2.41. The topological polar surface area (TPSA) is 101 Å². The minimum Gasteiger partial charge on any atom is -0.267 e. The molecule has 0 aliphatic carbocycles. The van der Waals surface area contributed by atoms with E-state index in [2.05, 4.69) is 10.9 Å². The van der Waals surface area contributed by atoms with Crippen LogP contribution in [-0.2, 0) is 0 Å². The van der Waals surface area contributed by atoms with Crippen LogP contribution in [0.25, 0.3) is 0 Å². The molecule has 0 bridgehead atoms. The number of benzene rings is 2. The summed E-state index contributed by atoms with van der Waals surface area (Å²) < 4.78 is 0. The van der Waals surface area contributed by atoms with E-state index in [9.17, 15) is 19.7 Å². The van der Waals surface area contributed by atoms with Gasteiger partial charge >= 0.3 is 0 Å². The minimum absolute atomic E-state index is 0.0311. The SMILES string of the molecule is O=C(NNC(=O)c1cccc([N+](=O)[O-])c1)c1cc(Cl)cc(Cl)c1. The number of hydrazine groups is 1. The Hall–Kier alpha value is -2.64. The molecule has 0 saturated heterocycles. The Morgan fingerprint density at radius 2 is 1.48 bits per heavy atom. The maximum absolute atomic E-state index is 11.9. The Morgan fingerprint density at radius 3 is 2.04 bits per heavy atom. The Labute approximate surface area is 140 Å². The molecule has 0 atom stereocenters. The first kappa shape index (κ1) is 16.7. The maximum Gasteiger partial charge on any atom is 0.270 e. The van der Waals surface area contributed by atoms with Gasteiger partial charge in [0.1, 0.15) is 0 Å². The number of carbonyl (C=O) groups is 2. The van der Waals surface area contributed by atoms with Gasteiger partial charge in [-0.1, -0.05) is 29.3 Å². The fourth-order valence-electron chi connectivity index (χ4n) is 1.70. The molecule has 0 aliphatic heterocycles. The van der Waals surface area contributed by atoms with Crippen LogP contribution in [0.4, 0.5) is 5.69 Å². The Morgan fingerprint density at radius 1 is 0.913 bits per heavy atom. The first-order chi connectivity index (χ1) is 10.9. The number of halogens is 2. The quantitative estimate of drug-likeness (QED) is 0.654. The lowest BCUT2D eigenvalue weighted by molar-refractivity contribution is -0.384. The Kier molecular flexibility index (Phi) is 5.15. The van der Waals surface area contributed by atoms with E-state index in [0.717, 1.165) is 6.07 Å². The standard InChI is InChI=1S/C14H9Cl2N3O4/c15-10-4-9(5-11(16)7-10)14(21)18-17-13(20)8-2-1-3-12(6-8)19(22)23/h1-7H,(H,17,20)(H,18,21). The number of nitro benzene ring substituents is 1. The third-order valence-electron chi connectivity index (χ3n) is 2.73. The second-order valence-electron chi connectivity index (χ2n) is 4.37. The molecule has 2 N–H and O–H groups in total. The molecule has 0 fully saturated rings. The van der Waals surface area contributed by atoms with Gasteiger partial charge < -0.3 is 0 Å². The highest BCUT2D eigenvalue weighted by Crippen LogP contribution is 2.19. The molecule has 2 rings (SSSR count). The first-order valence-corrected chi connectivity index (χ1v) is 6.93. The number of nitro groups is 1. The Bertz CT molecular complexity index is 775. The lowest BCUT2D eigenvalue weighted by Gasteiger charge is -2.08. The molecule has 0 aromatic heterocycles. The molecule has 9 heteroatoms. The molecule has 2 aromatic rings. The summed E-state index contributed by atoms with van der Waals surface area (Å²) >= 11 is 11.6. The van der Waals surface area contributed by atoms with Crippen molar-refractivity contribution in [3.63, 3.8) is 0 Å². The molecule has 7 nitrogen and oxygen atoms in total. The van der Waals surface area contributed by atoms with Crippen molar-refractivity contribution in [2.24, 2.45) is 0 Å². The van der Waals surface area contributed by atoms with Gasteiger partial charge in [0.25, 0.3) is 17.5 Å². The van der Waals surface area contributed by atoms with Crippen molar-refractivity contribution in [3.8, 4) is 0 Å². The van der Waals surface area contributed by atoms with Gasteiger partial charge in [-0.15, -0.1) is 0 Å². The molecule has 0 saturated carbocycles. The monoisotopic (exact) mass is 353 g/mol. The van der Waals surface area contributed by atoms with E-state index in [1.54, 1.807) is 0 Å². The molecule has 118 valence electrons. The number of rotatable bonds is 3. The summed E-state index contributed by atoms with van der Waals surface area (Å²) in [4.78, 5) is 33.8. The molecular formula is C14H9Cl2N3O4. The number of amides is 2. The zero-order valence-corrected chi connectivity index (χ0v) is 12.9. The Balaban J connectivity index is 2.05. The molecule has 0 radical (unpaired) electrons. The van der Waals surface area contributed by atoms with Crippen molar-refractivity contribution < 1.29 is 14.5 Å². The van der Waals surface area contributed by atoms with E-state index >= 15 is 0 Å². The van der Waals surface area contributed by atoms with E-state index in [1.165, 1.54) is 36.4 Å². The van der Waals surface area contributed by atoms with E-state index in [4.69, 9.17) is 23.2 Å². The van der Waals surface area contributed by atoms with Crippen LogP contribution < -0.4 is 10.9 Å². The molecular weight excluding hydrogens is 345 g/mol. The lowest BCUT2D eigenvalue weighted by atomic mass is 10.2. The number of carbonyl (C=O) groups excluding carboxylic acids is 2. The van der Waals surface area contributed by atoms with Crippen molar-refractivity contribution in [1.29, 1.82) is 0 Å². The number of non-ortho nitro benzene ring substituents is 1. The zero-order valence-electron chi connectivity index (χ0n) is 11.4. The van der Waals surface area contributed by atoms with E-state index < -0.39 is 16.7 Å². The smallest absolute Gasteiger partial charge is 0.267 e. The highest BCUT2D eigenvalue weighted by Gasteiger charge is 2.13. The van der Waals surface area contributed by atoms with Crippen LogP contribution in [0.1, 0.15) is 20.7 Å². The van der Waals surface area contributed by atoms with E-state index in [-0.39, 0.29) is 26.9 Å². The van der Waals surface area contributed by atoms with Crippen LogP contribution >= 0.6 is 23.2 Å². The van der Waals surface area contributed by atoms with Gasteiger partial charge in [0.15, 0.2) is 0 Å². The van der Waals surface area contributed by atoms with Crippen molar-refractivity contribution in [2.75, 3.05) is 0 Å². The van der Waals surface area contributed by atoms with Gasteiger partial charge in [0.05, 0.1) is 4.92 Å². The predicted molar refractivity (Wildman–Crippen MR) is 84.5 cm³/mol. The number of nitrogens with zero attached hydrogens (tertiary/aromatic N) is 1. The minimum atomic E-state index is -0.699. The molecule has 0 unspecified atom stereocenters. The van der Waals surface area contributed by atoms with Crippen LogP contribution in [0.15, 0.2) is 42.5 Å². The van der Waals surface area contributed by atoms with Gasteiger partial charge in [0, 0.05) is 33.3 Å².